The van der Waals surface area contributed by atoms with E-state index in [4.69, 9.17) is 4.74 Å². The zero-order valence-electron chi connectivity index (χ0n) is 15.3. The number of nitrogens with zero attached hydrogens (tertiary/aromatic N) is 1. The number of fused-ring (bicyclic) bond motifs is 3. The lowest BCUT2D eigenvalue weighted by atomic mass is 9.75. The van der Waals surface area contributed by atoms with Gasteiger partial charge in [-0.2, -0.15) is 0 Å². The second-order valence-corrected chi connectivity index (χ2v) is 7.31. The zero-order chi connectivity index (χ0) is 17.7. The molecule has 3 saturated heterocycles. The van der Waals surface area contributed by atoms with E-state index >= 15 is 0 Å². The van der Waals surface area contributed by atoms with Crippen molar-refractivity contribution in [2.24, 2.45) is 5.92 Å². The number of methoxy groups -OCH3 is 1. The van der Waals surface area contributed by atoms with Crippen molar-refractivity contribution in [3.8, 4) is 11.8 Å². The molecule has 1 unspecified atom stereocenters. The lowest BCUT2D eigenvalue weighted by molar-refractivity contribution is -0.0713. The third kappa shape index (κ3) is 4.33. The van der Waals surface area contributed by atoms with Gasteiger partial charge < -0.3 is 9.84 Å². The van der Waals surface area contributed by atoms with Gasteiger partial charge in [0, 0.05) is 31.7 Å². The van der Waals surface area contributed by atoms with Crippen LogP contribution >= 0.6 is 0 Å². The maximum absolute atomic E-state index is 11.0. The largest absolute Gasteiger partial charge is 0.385 e. The fourth-order valence-corrected chi connectivity index (χ4v) is 4.03. The smallest absolute Gasteiger partial charge is 0.141 e. The molecular formula is C22H29NO2. The summed E-state index contributed by atoms with van der Waals surface area (Å²) in [5, 5.41) is 11.0. The van der Waals surface area contributed by atoms with Gasteiger partial charge in [-0.1, -0.05) is 30.0 Å². The number of rotatable bonds is 6. The van der Waals surface area contributed by atoms with Gasteiger partial charge >= 0.3 is 0 Å². The monoisotopic (exact) mass is 339 g/mol. The first-order chi connectivity index (χ1) is 12.1. The Balaban J connectivity index is 1.79. The van der Waals surface area contributed by atoms with Crippen LogP contribution < -0.4 is 0 Å². The summed E-state index contributed by atoms with van der Waals surface area (Å²) < 4.78 is 5.14. The minimum atomic E-state index is -0.848. The van der Waals surface area contributed by atoms with Gasteiger partial charge in [0.1, 0.15) is 5.60 Å². The van der Waals surface area contributed by atoms with E-state index in [2.05, 4.69) is 41.5 Å². The molecule has 3 aliphatic heterocycles. The Bertz CT molecular complexity index is 664. The predicted molar refractivity (Wildman–Crippen MR) is 102 cm³/mol. The van der Waals surface area contributed by atoms with E-state index in [1.807, 2.05) is 6.08 Å². The molecule has 3 aliphatic rings. The van der Waals surface area contributed by atoms with Crippen molar-refractivity contribution in [3.63, 3.8) is 0 Å². The summed E-state index contributed by atoms with van der Waals surface area (Å²) in [7, 11) is 1.74. The Kier molecular flexibility index (Phi) is 5.96. The van der Waals surface area contributed by atoms with Crippen LogP contribution in [0.1, 0.15) is 36.0 Å². The summed E-state index contributed by atoms with van der Waals surface area (Å²) in [4.78, 5) is 2.33. The van der Waals surface area contributed by atoms with Gasteiger partial charge in [0.2, 0.25) is 0 Å². The van der Waals surface area contributed by atoms with Crippen LogP contribution in [0.4, 0.5) is 0 Å². The Labute approximate surface area is 151 Å². The Morgan fingerprint density at radius 2 is 2.20 bits per heavy atom. The number of benzene rings is 1. The average molecular weight is 339 g/mol. The molecule has 3 heterocycles. The molecule has 1 atom stereocenters. The highest BCUT2D eigenvalue weighted by molar-refractivity contribution is 5.46. The van der Waals surface area contributed by atoms with E-state index in [9.17, 15) is 5.11 Å². The fraction of sp³-hybridized carbons (Fsp3) is 0.545. The van der Waals surface area contributed by atoms with E-state index in [-0.39, 0.29) is 0 Å². The van der Waals surface area contributed by atoms with Crippen LogP contribution in [0, 0.1) is 17.8 Å². The summed E-state index contributed by atoms with van der Waals surface area (Å²) in [6.07, 6.45) is 6.86. The van der Waals surface area contributed by atoms with Crippen molar-refractivity contribution in [2.45, 2.75) is 37.7 Å². The Hall–Kier alpha value is -1.60. The maximum atomic E-state index is 11.0. The molecule has 0 aliphatic carbocycles. The molecule has 1 aromatic carbocycles. The standard InChI is InChI=1S/C22H29NO2/c1-3-5-20-16-18(6-4-15-25-2)7-8-19(20)9-12-22(24)17-23-13-10-21(22)11-14-23/h3,7-8,16,21,24H,1,4-6,10-11,13-15,17H2,2H3. The quantitative estimate of drug-likeness (QED) is 0.491. The lowest BCUT2D eigenvalue weighted by Gasteiger charge is -2.47. The molecule has 1 N–H and O–H groups in total. The molecule has 0 aromatic heterocycles. The number of hydrogen-bond acceptors (Lipinski definition) is 3. The van der Waals surface area contributed by atoms with Crippen molar-refractivity contribution in [1.82, 2.24) is 4.90 Å². The van der Waals surface area contributed by atoms with Crippen LogP contribution in [0.2, 0.25) is 0 Å². The van der Waals surface area contributed by atoms with E-state index in [0.717, 1.165) is 57.4 Å². The third-order valence-electron chi connectivity index (χ3n) is 5.49. The van der Waals surface area contributed by atoms with Crippen molar-refractivity contribution < 1.29 is 9.84 Å². The summed E-state index contributed by atoms with van der Waals surface area (Å²) >= 11 is 0. The van der Waals surface area contributed by atoms with Crippen molar-refractivity contribution >= 4 is 0 Å². The minimum Gasteiger partial charge on any atom is -0.385 e. The van der Waals surface area contributed by atoms with Gasteiger partial charge in [-0.3, -0.25) is 4.90 Å². The summed E-state index contributed by atoms with van der Waals surface area (Å²) in [6.45, 7) is 7.55. The molecule has 0 saturated carbocycles. The molecule has 3 nitrogen and oxygen atoms in total. The Morgan fingerprint density at radius 3 is 2.84 bits per heavy atom. The SMILES string of the molecule is C=CCc1cc(CCCOC)ccc1C#CC1(O)CN2CCC1CC2. The number of aliphatic hydroxyl groups is 1. The first-order valence-corrected chi connectivity index (χ1v) is 9.34. The molecule has 134 valence electrons. The zero-order valence-corrected chi connectivity index (χ0v) is 15.3. The molecule has 0 spiro atoms. The number of allylic oxidation sites excluding steroid dienone is 1. The second kappa shape index (κ2) is 8.19. The van der Waals surface area contributed by atoms with Gasteiger partial charge in [-0.05, 0) is 62.4 Å². The molecule has 3 fully saturated rings. The van der Waals surface area contributed by atoms with Crippen molar-refractivity contribution in [1.29, 1.82) is 0 Å². The minimum absolute atomic E-state index is 0.321. The highest BCUT2D eigenvalue weighted by Crippen LogP contribution is 2.35. The lowest BCUT2D eigenvalue weighted by Crippen LogP contribution is -2.58. The van der Waals surface area contributed by atoms with E-state index in [0.29, 0.717) is 12.5 Å². The highest BCUT2D eigenvalue weighted by Gasteiger charge is 2.44. The van der Waals surface area contributed by atoms with Crippen LogP contribution in [0.15, 0.2) is 30.9 Å². The van der Waals surface area contributed by atoms with E-state index in [1.54, 1.807) is 7.11 Å². The molecule has 25 heavy (non-hydrogen) atoms. The first kappa shape index (κ1) is 18.2. The molecular weight excluding hydrogens is 310 g/mol. The maximum Gasteiger partial charge on any atom is 0.141 e. The number of hydrogen-bond donors (Lipinski definition) is 1. The van der Waals surface area contributed by atoms with Crippen molar-refractivity contribution in [2.75, 3.05) is 33.4 Å². The summed E-state index contributed by atoms with van der Waals surface area (Å²) in [5.74, 6) is 6.83. The molecule has 0 radical (unpaired) electrons. The number of piperidine rings is 3. The van der Waals surface area contributed by atoms with E-state index < -0.39 is 5.60 Å². The van der Waals surface area contributed by atoms with Crippen LogP contribution in [0.3, 0.4) is 0 Å². The fourth-order valence-electron chi connectivity index (χ4n) is 4.03. The van der Waals surface area contributed by atoms with Gasteiger partial charge in [0.05, 0.1) is 0 Å². The summed E-state index contributed by atoms with van der Waals surface area (Å²) in [5.41, 5.74) is 2.67. The normalized spacial score (nSPS) is 27.6. The van der Waals surface area contributed by atoms with Gasteiger partial charge in [-0.15, -0.1) is 6.58 Å². The number of aryl methyl sites for hydroxylation is 1. The van der Waals surface area contributed by atoms with Gasteiger partial charge in [-0.25, -0.2) is 0 Å². The third-order valence-corrected chi connectivity index (χ3v) is 5.49. The predicted octanol–water partition coefficient (Wildman–Crippen LogP) is 2.80. The molecule has 3 heteroatoms. The van der Waals surface area contributed by atoms with Crippen LogP contribution in [-0.4, -0.2) is 49.0 Å². The highest BCUT2D eigenvalue weighted by atomic mass is 16.5. The molecule has 2 bridgehead atoms. The molecule has 0 amide bonds. The van der Waals surface area contributed by atoms with Crippen LogP contribution in [0.5, 0.6) is 0 Å². The van der Waals surface area contributed by atoms with Crippen LogP contribution in [-0.2, 0) is 17.6 Å². The second-order valence-electron chi connectivity index (χ2n) is 7.31. The van der Waals surface area contributed by atoms with Gasteiger partial charge in [0.25, 0.3) is 0 Å². The van der Waals surface area contributed by atoms with Crippen molar-refractivity contribution in [3.05, 3.63) is 47.5 Å². The molecule has 1 aromatic rings. The first-order valence-electron chi connectivity index (χ1n) is 9.34. The van der Waals surface area contributed by atoms with Crippen LogP contribution in [0.25, 0.3) is 0 Å². The van der Waals surface area contributed by atoms with E-state index in [1.165, 1.54) is 11.1 Å². The molecule has 4 rings (SSSR count). The summed E-state index contributed by atoms with van der Waals surface area (Å²) in [6, 6.07) is 6.47. The average Bonchev–Trinajstić information content (AvgIpc) is 2.62. The Morgan fingerprint density at radius 1 is 1.40 bits per heavy atom. The number of ether oxygens (including phenoxy) is 1. The van der Waals surface area contributed by atoms with Gasteiger partial charge in [0.15, 0.2) is 0 Å². The topological polar surface area (TPSA) is 32.7 Å².